The van der Waals surface area contributed by atoms with Gasteiger partial charge in [0.05, 0.1) is 11.1 Å². The molecule has 13 nitrogen and oxygen atoms in total. The van der Waals surface area contributed by atoms with Crippen molar-refractivity contribution in [3.8, 4) is 5.75 Å². The lowest BCUT2D eigenvalue weighted by atomic mass is 9.98. The van der Waals surface area contributed by atoms with E-state index < -0.39 is 67.2 Å². The summed E-state index contributed by atoms with van der Waals surface area (Å²) in [6.45, 7) is 4.04. The highest BCUT2D eigenvalue weighted by Gasteiger charge is 2.53. The molecule has 1 aromatic rings. The van der Waals surface area contributed by atoms with Crippen LogP contribution in [0.4, 0.5) is 0 Å². The lowest BCUT2D eigenvalue weighted by Crippen LogP contribution is -2.63. The maximum atomic E-state index is 12.6. The predicted molar refractivity (Wildman–Crippen MR) is 148 cm³/mol. The van der Waals surface area contributed by atoms with Crippen LogP contribution in [0.1, 0.15) is 68.7 Å². The number of allylic oxidation sites excluding steroid dienone is 2. The zero-order chi connectivity index (χ0) is 30.8. The Hall–Kier alpha value is -4.52. The third kappa shape index (κ3) is 10.1. The molecule has 0 aromatic heterocycles. The van der Waals surface area contributed by atoms with Crippen molar-refractivity contribution in [3.05, 3.63) is 53.1 Å². The Morgan fingerprint density at radius 2 is 1.51 bits per heavy atom. The van der Waals surface area contributed by atoms with Gasteiger partial charge in [0.25, 0.3) is 0 Å². The fourth-order valence-corrected chi connectivity index (χ4v) is 4.29. The molecule has 0 N–H and O–H groups in total. The SMILES string of the molecule is C.CC(=O)OCC1OC(Oc2ccc(C(=O)OCC3=CCCC=C3)cc2C=O)[C@H](OC(C)=O)[C@@H](OC(C)=O)[C@H]1OC(C)=O. The van der Waals surface area contributed by atoms with Gasteiger partial charge in [0, 0.05) is 27.7 Å². The lowest BCUT2D eigenvalue weighted by molar-refractivity contribution is -0.288. The fraction of sp³-hybridized carbons (Fsp3) is 0.467. The third-order valence-corrected chi connectivity index (χ3v) is 6.01. The van der Waals surface area contributed by atoms with Gasteiger partial charge in [-0.3, -0.25) is 24.0 Å². The van der Waals surface area contributed by atoms with Gasteiger partial charge in [0.15, 0.2) is 18.5 Å². The van der Waals surface area contributed by atoms with Gasteiger partial charge in [0.2, 0.25) is 12.4 Å². The standard InChI is InChI=1S/C29H32O13.CH4/c1-16(31)36-15-24-25(38-17(2)32)26(39-18(3)33)27(40-19(4)34)29(42-24)41-23-11-10-21(12-22(23)13-30)28(35)37-14-20-8-6-5-7-9-20;/h6,8-13,24-27,29H,5,7,14-15H2,1-4H3;1H4/t24?,25-,26-,27+,29?;/m0./s1. The van der Waals surface area contributed by atoms with E-state index >= 15 is 0 Å². The Morgan fingerprint density at radius 3 is 2.09 bits per heavy atom. The molecule has 1 aliphatic carbocycles. The second kappa shape index (κ2) is 16.2. The summed E-state index contributed by atoms with van der Waals surface area (Å²) in [6.07, 6.45) is 0.918. The molecule has 0 bridgehead atoms. The third-order valence-electron chi connectivity index (χ3n) is 6.01. The van der Waals surface area contributed by atoms with Crippen LogP contribution >= 0.6 is 0 Å². The molecular formula is C30H36O13. The molecule has 1 heterocycles. The first-order valence-corrected chi connectivity index (χ1v) is 13.1. The quantitative estimate of drug-likeness (QED) is 0.206. The molecule has 43 heavy (non-hydrogen) atoms. The highest BCUT2D eigenvalue weighted by molar-refractivity contribution is 5.92. The number of rotatable bonds is 11. The van der Waals surface area contributed by atoms with Crippen LogP contribution in [0.5, 0.6) is 5.75 Å². The summed E-state index contributed by atoms with van der Waals surface area (Å²) in [4.78, 5) is 72.0. The predicted octanol–water partition coefficient (Wildman–Crippen LogP) is 3.03. The van der Waals surface area contributed by atoms with Crippen LogP contribution in [0.3, 0.4) is 0 Å². The molecule has 0 radical (unpaired) electrons. The minimum atomic E-state index is -1.55. The highest BCUT2D eigenvalue weighted by Crippen LogP contribution is 2.32. The Labute approximate surface area is 249 Å². The summed E-state index contributed by atoms with van der Waals surface area (Å²) < 4.78 is 38.2. The molecule has 3 rings (SSSR count). The monoisotopic (exact) mass is 604 g/mol. The fourth-order valence-electron chi connectivity index (χ4n) is 4.29. The number of hydrogen-bond donors (Lipinski definition) is 0. The van der Waals surface area contributed by atoms with Crippen LogP contribution in [0.15, 0.2) is 42.0 Å². The lowest BCUT2D eigenvalue weighted by Gasteiger charge is -2.44. The van der Waals surface area contributed by atoms with Crippen LogP contribution in [0, 0.1) is 0 Å². The van der Waals surface area contributed by atoms with E-state index in [1.54, 1.807) is 0 Å². The average Bonchev–Trinajstić information content (AvgIpc) is 2.93. The first-order chi connectivity index (χ1) is 20.0. The van der Waals surface area contributed by atoms with Crippen molar-refractivity contribution < 1.29 is 61.9 Å². The first-order valence-electron chi connectivity index (χ1n) is 13.1. The first kappa shape index (κ1) is 34.7. The summed E-state index contributed by atoms with van der Waals surface area (Å²) >= 11 is 0. The van der Waals surface area contributed by atoms with Crippen LogP contribution in [-0.4, -0.2) is 80.1 Å². The van der Waals surface area contributed by atoms with Crippen LogP contribution in [-0.2, 0) is 47.6 Å². The smallest absolute Gasteiger partial charge is 0.338 e. The molecule has 1 saturated heterocycles. The van der Waals surface area contributed by atoms with Crippen molar-refractivity contribution in [2.75, 3.05) is 13.2 Å². The van der Waals surface area contributed by atoms with Gasteiger partial charge in [-0.15, -0.1) is 0 Å². The van der Waals surface area contributed by atoms with Crippen molar-refractivity contribution in [1.82, 2.24) is 0 Å². The van der Waals surface area contributed by atoms with Crippen LogP contribution < -0.4 is 4.74 Å². The topological polar surface area (TPSA) is 167 Å². The minimum absolute atomic E-state index is 0. The Bertz CT molecular complexity index is 1260. The molecule has 2 unspecified atom stereocenters. The van der Waals surface area contributed by atoms with E-state index in [4.69, 9.17) is 33.2 Å². The van der Waals surface area contributed by atoms with Gasteiger partial charge in [-0.25, -0.2) is 4.79 Å². The number of benzene rings is 1. The molecule has 234 valence electrons. The van der Waals surface area contributed by atoms with Gasteiger partial charge in [0.1, 0.15) is 25.1 Å². The summed E-state index contributed by atoms with van der Waals surface area (Å²) in [6, 6.07) is 3.93. The normalized spacial score (nSPS) is 22.5. The number of ether oxygens (including phenoxy) is 7. The van der Waals surface area contributed by atoms with Gasteiger partial charge in [-0.2, -0.15) is 0 Å². The Balaban J connectivity index is 0.00000645. The molecule has 13 heteroatoms. The molecule has 0 spiro atoms. The molecular weight excluding hydrogens is 568 g/mol. The minimum Gasteiger partial charge on any atom is -0.463 e. The van der Waals surface area contributed by atoms with Crippen molar-refractivity contribution in [2.45, 2.75) is 78.7 Å². The molecule has 0 amide bonds. The van der Waals surface area contributed by atoms with Crippen molar-refractivity contribution in [2.24, 2.45) is 0 Å². The van der Waals surface area contributed by atoms with E-state index in [9.17, 15) is 28.8 Å². The maximum absolute atomic E-state index is 12.6. The zero-order valence-corrected chi connectivity index (χ0v) is 23.6. The Kier molecular flexibility index (Phi) is 13.1. The summed E-state index contributed by atoms with van der Waals surface area (Å²) in [5.74, 6) is -3.83. The van der Waals surface area contributed by atoms with E-state index in [2.05, 4.69) is 0 Å². The van der Waals surface area contributed by atoms with E-state index in [0.717, 1.165) is 46.1 Å². The van der Waals surface area contributed by atoms with Crippen LogP contribution in [0.25, 0.3) is 0 Å². The highest BCUT2D eigenvalue weighted by atomic mass is 16.7. The van der Waals surface area contributed by atoms with Gasteiger partial charge in [-0.1, -0.05) is 25.7 Å². The largest absolute Gasteiger partial charge is 0.463 e. The van der Waals surface area contributed by atoms with Gasteiger partial charge < -0.3 is 33.2 Å². The van der Waals surface area contributed by atoms with E-state index in [-0.39, 0.29) is 30.9 Å². The number of carbonyl (C=O) groups is 6. The molecule has 5 atom stereocenters. The van der Waals surface area contributed by atoms with Gasteiger partial charge in [-0.05, 0) is 36.6 Å². The molecule has 2 aliphatic rings. The second-order valence-electron chi connectivity index (χ2n) is 9.39. The molecule has 0 saturated carbocycles. The number of esters is 5. The summed E-state index contributed by atoms with van der Waals surface area (Å²) in [5.41, 5.74) is 0.856. The van der Waals surface area contributed by atoms with E-state index in [1.807, 2.05) is 18.2 Å². The molecule has 1 fully saturated rings. The van der Waals surface area contributed by atoms with Crippen molar-refractivity contribution in [3.63, 3.8) is 0 Å². The summed E-state index contributed by atoms with van der Waals surface area (Å²) in [5, 5.41) is 0. The van der Waals surface area contributed by atoms with Crippen molar-refractivity contribution >= 4 is 36.1 Å². The molecule has 1 aliphatic heterocycles. The van der Waals surface area contributed by atoms with E-state index in [1.165, 1.54) is 18.2 Å². The Morgan fingerprint density at radius 1 is 0.860 bits per heavy atom. The number of aldehydes is 1. The van der Waals surface area contributed by atoms with Crippen LogP contribution in [0.2, 0.25) is 0 Å². The number of hydrogen-bond acceptors (Lipinski definition) is 13. The van der Waals surface area contributed by atoms with Gasteiger partial charge >= 0.3 is 29.8 Å². The number of carbonyl (C=O) groups excluding carboxylic acids is 6. The van der Waals surface area contributed by atoms with Crippen molar-refractivity contribution in [1.29, 1.82) is 0 Å². The summed E-state index contributed by atoms with van der Waals surface area (Å²) in [7, 11) is 0. The molecule has 1 aromatic carbocycles. The zero-order valence-electron chi connectivity index (χ0n) is 23.6. The second-order valence-corrected chi connectivity index (χ2v) is 9.39. The maximum Gasteiger partial charge on any atom is 0.338 e. The van der Waals surface area contributed by atoms with E-state index in [0.29, 0.717) is 6.29 Å². The average molecular weight is 605 g/mol.